The Balaban J connectivity index is 2.44. The molecule has 0 amide bonds. The highest BCUT2D eigenvalue weighted by molar-refractivity contribution is 9.10. The predicted octanol–water partition coefficient (Wildman–Crippen LogP) is 3.55. The third-order valence-electron chi connectivity index (χ3n) is 3.30. The molecule has 0 saturated heterocycles. The average Bonchev–Trinajstić information content (AvgIpc) is 2.36. The van der Waals surface area contributed by atoms with Crippen LogP contribution < -0.4 is 10.2 Å². The number of hydrogen-bond acceptors (Lipinski definition) is 2. The standard InChI is InChI=1S/C14H21BrN2/c1-10(2)17-9-14(3,4)16-8-11-7-12(15)5-6-13(11)17/h5-7,10,16H,8-9H2,1-4H3. The van der Waals surface area contributed by atoms with E-state index in [1.165, 1.54) is 11.3 Å². The molecular formula is C14H21BrN2. The molecule has 94 valence electrons. The fourth-order valence-electron chi connectivity index (χ4n) is 2.34. The molecule has 0 bridgehead atoms. The van der Waals surface area contributed by atoms with Crippen LogP contribution in [0.3, 0.4) is 0 Å². The summed E-state index contributed by atoms with van der Waals surface area (Å²) in [5.74, 6) is 0. The Kier molecular flexibility index (Phi) is 3.50. The molecule has 0 saturated carbocycles. The second kappa shape index (κ2) is 4.62. The lowest BCUT2D eigenvalue weighted by molar-refractivity contribution is 0.388. The first-order valence-corrected chi connectivity index (χ1v) is 6.98. The summed E-state index contributed by atoms with van der Waals surface area (Å²) in [6.45, 7) is 11.0. The third-order valence-corrected chi connectivity index (χ3v) is 3.79. The zero-order valence-electron chi connectivity index (χ0n) is 11.0. The van der Waals surface area contributed by atoms with E-state index in [9.17, 15) is 0 Å². The zero-order valence-corrected chi connectivity index (χ0v) is 12.6. The molecule has 1 N–H and O–H groups in total. The highest BCUT2D eigenvalue weighted by Gasteiger charge is 2.28. The summed E-state index contributed by atoms with van der Waals surface area (Å²) in [7, 11) is 0. The minimum atomic E-state index is 0.149. The first kappa shape index (κ1) is 12.9. The maximum atomic E-state index is 3.63. The minimum absolute atomic E-state index is 0.149. The van der Waals surface area contributed by atoms with Crippen molar-refractivity contribution in [3.63, 3.8) is 0 Å². The molecule has 0 atom stereocenters. The van der Waals surface area contributed by atoms with E-state index in [4.69, 9.17) is 0 Å². The van der Waals surface area contributed by atoms with E-state index in [-0.39, 0.29) is 5.54 Å². The van der Waals surface area contributed by atoms with Crippen molar-refractivity contribution < 1.29 is 0 Å². The van der Waals surface area contributed by atoms with E-state index >= 15 is 0 Å². The molecule has 0 aliphatic carbocycles. The van der Waals surface area contributed by atoms with Crippen LogP contribution in [-0.4, -0.2) is 18.1 Å². The van der Waals surface area contributed by atoms with Gasteiger partial charge in [-0.25, -0.2) is 0 Å². The van der Waals surface area contributed by atoms with Gasteiger partial charge in [-0.15, -0.1) is 0 Å². The Bertz CT molecular complexity index is 413. The predicted molar refractivity (Wildman–Crippen MR) is 77.5 cm³/mol. The summed E-state index contributed by atoms with van der Waals surface area (Å²) >= 11 is 3.56. The molecule has 2 rings (SSSR count). The van der Waals surface area contributed by atoms with Gasteiger partial charge >= 0.3 is 0 Å². The number of benzene rings is 1. The monoisotopic (exact) mass is 296 g/mol. The van der Waals surface area contributed by atoms with Crippen LogP contribution in [0.25, 0.3) is 0 Å². The van der Waals surface area contributed by atoms with E-state index in [0.29, 0.717) is 6.04 Å². The van der Waals surface area contributed by atoms with E-state index in [1.54, 1.807) is 0 Å². The van der Waals surface area contributed by atoms with E-state index in [0.717, 1.165) is 17.6 Å². The van der Waals surface area contributed by atoms with Gasteiger partial charge in [0.15, 0.2) is 0 Å². The van der Waals surface area contributed by atoms with Crippen molar-refractivity contribution in [2.45, 2.75) is 45.8 Å². The molecule has 0 unspecified atom stereocenters. The average molecular weight is 297 g/mol. The highest BCUT2D eigenvalue weighted by atomic mass is 79.9. The fraction of sp³-hybridized carbons (Fsp3) is 0.571. The Morgan fingerprint density at radius 3 is 2.71 bits per heavy atom. The topological polar surface area (TPSA) is 15.3 Å². The zero-order chi connectivity index (χ0) is 12.6. The van der Waals surface area contributed by atoms with Gasteiger partial charge in [0.05, 0.1) is 0 Å². The van der Waals surface area contributed by atoms with Gasteiger partial charge in [-0.2, -0.15) is 0 Å². The van der Waals surface area contributed by atoms with Gasteiger partial charge in [-0.1, -0.05) is 15.9 Å². The maximum Gasteiger partial charge on any atom is 0.0415 e. The van der Waals surface area contributed by atoms with Crippen LogP contribution in [-0.2, 0) is 6.54 Å². The van der Waals surface area contributed by atoms with Gasteiger partial charge in [-0.05, 0) is 51.5 Å². The molecule has 17 heavy (non-hydrogen) atoms. The lowest BCUT2D eigenvalue weighted by Gasteiger charge is -2.35. The van der Waals surface area contributed by atoms with Crippen LogP contribution in [0.15, 0.2) is 22.7 Å². The van der Waals surface area contributed by atoms with Crippen molar-refractivity contribution in [3.8, 4) is 0 Å². The van der Waals surface area contributed by atoms with Crippen molar-refractivity contribution in [2.75, 3.05) is 11.4 Å². The van der Waals surface area contributed by atoms with E-state index in [1.807, 2.05) is 0 Å². The number of anilines is 1. The van der Waals surface area contributed by atoms with Gasteiger partial charge in [0, 0.05) is 34.8 Å². The molecule has 2 nitrogen and oxygen atoms in total. The molecule has 1 heterocycles. The summed E-state index contributed by atoms with van der Waals surface area (Å²) in [5.41, 5.74) is 2.88. The van der Waals surface area contributed by atoms with Crippen LogP contribution in [0, 0.1) is 0 Å². The van der Waals surface area contributed by atoms with Gasteiger partial charge in [0.2, 0.25) is 0 Å². The fourth-order valence-corrected chi connectivity index (χ4v) is 2.75. The lowest BCUT2D eigenvalue weighted by atomic mass is 10.0. The smallest absolute Gasteiger partial charge is 0.0415 e. The van der Waals surface area contributed by atoms with Crippen molar-refractivity contribution >= 4 is 21.6 Å². The normalized spacial score (nSPS) is 19.1. The van der Waals surface area contributed by atoms with Crippen molar-refractivity contribution in [1.29, 1.82) is 0 Å². The number of rotatable bonds is 1. The third kappa shape index (κ3) is 2.83. The van der Waals surface area contributed by atoms with Crippen LogP contribution >= 0.6 is 15.9 Å². The molecule has 0 spiro atoms. The molecule has 0 aromatic heterocycles. The first-order valence-electron chi connectivity index (χ1n) is 6.19. The van der Waals surface area contributed by atoms with Crippen LogP contribution in [0.2, 0.25) is 0 Å². The van der Waals surface area contributed by atoms with Gasteiger partial charge in [0.1, 0.15) is 0 Å². The molecule has 1 aliphatic rings. The number of hydrogen-bond donors (Lipinski definition) is 1. The molecule has 0 radical (unpaired) electrons. The number of nitrogens with one attached hydrogen (secondary N) is 1. The molecule has 1 aliphatic heterocycles. The number of nitrogens with zero attached hydrogens (tertiary/aromatic N) is 1. The Morgan fingerprint density at radius 2 is 2.06 bits per heavy atom. The Labute approximate surface area is 113 Å². The van der Waals surface area contributed by atoms with Gasteiger partial charge < -0.3 is 10.2 Å². The summed E-state index contributed by atoms with van der Waals surface area (Å²) in [4.78, 5) is 2.49. The molecule has 3 heteroatoms. The Hall–Kier alpha value is -0.540. The lowest BCUT2D eigenvalue weighted by Crippen LogP contribution is -2.48. The van der Waals surface area contributed by atoms with Gasteiger partial charge in [-0.3, -0.25) is 0 Å². The second-order valence-electron chi connectivity index (χ2n) is 5.73. The Morgan fingerprint density at radius 1 is 1.35 bits per heavy atom. The van der Waals surface area contributed by atoms with E-state index < -0.39 is 0 Å². The van der Waals surface area contributed by atoms with Crippen LogP contribution in [0.4, 0.5) is 5.69 Å². The van der Waals surface area contributed by atoms with E-state index in [2.05, 4.69) is 72.0 Å². The highest BCUT2D eigenvalue weighted by Crippen LogP contribution is 2.30. The quantitative estimate of drug-likeness (QED) is 0.853. The van der Waals surface area contributed by atoms with Crippen molar-refractivity contribution in [1.82, 2.24) is 5.32 Å². The maximum absolute atomic E-state index is 3.63. The molecule has 0 fully saturated rings. The van der Waals surface area contributed by atoms with Crippen molar-refractivity contribution in [2.24, 2.45) is 0 Å². The minimum Gasteiger partial charge on any atom is -0.367 e. The molecule has 1 aromatic rings. The SMILES string of the molecule is CC(C)N1CC(C)(C)NCc2cc(Br)ccc21. The number of fused-ring (bicyclic) bond motifs is 1. The number of halogens is 1. The summed E-state index contributed by atoms with van der Waals surface area (Å²) in [6.07, 6.45) is 0. The molecular weight excluding hydrogens is 276 g/mol. The first-order chi connectivity index (χ1) is 7.89. The van der Waals surface area contributed by atoms with Crippen molar-refractivity contribution in [3.05, 3.63) is 28.2 Å². The summed E-state index contributed by atoms with van der Waals surface area (Å²) < 4.78 is 1.15. The largest absolute Gasteiger partial charge is 0.367 e. The summed E-state index contributed by atoms with van der Waals surface area (Å²) in [5, 5.41) is 3.63. The van der Waals surface area contributed by atoms with Gasteiger partial charge in [0.25, 0.3) is 0 Å². The molecule has 1 aromatic carbocycles. The van der Waals surface area contributed by atoms with Crippen LogP contribution in [0.1, 0.15) is 33.3 Å². The second-order valence-corrected chi connectivity index (χ2v) is 6.65. The van der Waals surface area contributed by atoms with Crippen LogP contribution in [0.5, 0.6) is 0 Å². The summed E-state index contributed by atoms with van der Waals surface area (Å²) in [6, 6.07) is 7.10.